The van der Waals surface area contributed by atoms with Crippen molar-refractivity contribution < 1.29 is 33.6 Å². The van der Waals surface area contributed by atoms with E-state index in [1.54, 1.807) is 6.92 Å². The van der Waals surface area contributed by atoms with Gasteiger partial charge in [-0.25, -0.2) is 4.79 Å². The Balaban J connectivity index is 1.68. The maximum atomic E-state index is 12.5. The summed E-state index contributed by atoms with van der Waals surface area (Å²) < 4.78 is 24.1. The van der Waals surface area contributed by atoms with Crippen molar-refractivity contribution in [1.82, 2.24) is 0 Å². The van der Waals surface area contributed by atoms with E-state index in [4.69, 9.17) is 24.1 Å². The predicted octanol–water partition coefficient (Wildman–Crippen LogP) is 2.46. The molecule has 2 heterocycles. The molecule has 30 heavy (non-hydrogen) atoms. The summed E-state index contributed by atoms with van der Waals surface area (Å²) in [6, 6.07) is 0. The number of epoxide rings is 1. The van der Waals surface area contributed by atoms with E-state index in [0.29, 0.717) is 19.4 Å². The number of carbonyl (C=O) groups is 2. The minimum atomic E-state index is -0.551. The third-order valence-corrected chi connectivity index (χ3v) is 7.87. The fourth-order valence-corrected chi connectivity index (χ4v) is 6.03. The molecule has 0 radical (unpaired) electrons. The van der Waals surface area contributed by atoms with Crippen molar-refractivity contribution in [2.24, 2.45) is 10.8 Å². The molecule has 2 bridgehead atoms. The van der Waals surface area contributed by atoms with Crippen LogP contribution in [0.5, 0.6) is 0 Å². The smallest absolute Gasteiger partial charge is 0.330 e. The van der Waals surface area contributed by atoms with E-state index in [1.165, 1.54) is 18.6 Å². The molecule has 4 rings (SSSR count). The first-order valence-corrected chi connectivity index (χ1v) is 10.8. The van der Waals surface area contributed by atoms with Gasteiger partial charge in [0.15, 0.2) is 0 Å². The van der Waals surface area contributed by atoms with E-state index in [0.717, 1.165) is 18.4 Å². The Morgan fingerprint density at radius 1 is 1.37 bits per heavy atom. The summed E-state index contributed by atoms with van der Waals surface area (Å²) in [5, 5.41) is 9.06. The van der Waals surface area contributed by atoms with E-state index in [9.17, 15) is 9.59 Å². The molecule has 0 unspecified atom stereocenters. The van der Waals surface area contributed by atoms with Gasteiger partial charge < -0.3 is 24.1 Å². The highest BCUT2D eigenvalue weighted by molar-refractivity contribution is 5.82. The molecule has 1 spiro atoms. The van der Waals surface area contributed by atoms with Crippen molar-refractivity contribution in [2.75, 3.05) is 19.8 Å². The first kappa shape index (κ1) is 21.5. The van der Waals surface area contributed by atoms with Gasteiger partial charge in [0.2, 0.25) is 0 Å². The molecule has 2 aliphatic carbocycles. The summed E-state index contributed by atoms with van der Waals surface area (Å²) in [5.41, 5.74) is 0.436. The quantitative estimate of drug-likeness (QED) is 0.305. The number of aliphatic hydroxyl groups excluding tert-OH is 1. The molecule has 7 nitrogen and oxygen atoms in total. The number of fused-ring (bicyclic) bond motifs is 2. The van der Waals surface area contributed by atoms with Crippen molar-refractivity contribution in [3.05, 3.63) is 23.3 Å². The minimum absolute atomic E-state index is 0.0110. The molecule has 4 aliphatic rings. The Morgan fingerprint density at radius 2 is 2.10 bits per heavy atom. The lowest BCUT2D eigenvalue weighted by molar-refractivity contribution is -0.232. The van der Waals surface area contributed by atoms with Gasteiger partial charge in [-0.2, -0.15) is 0 Å². The van der Waals surface area contributed by atoms with Crippen molar-refractivity contribution in [3.8, 4) is 0 Å². The first-order chi connectivity index (χ1) is 14.2. The van der Waals surface area contributed by atoms with E-state index >= 15 is 0 Å². The van der Waals surface area contributed by atoms with Gasteiger partial charge in [0.05, 0.1) is 24.2 Å². The monoisotopic (exact) mass is 420 g/mol. The van der Waals surface area contributed by atoms with Gasteiger partial charge >= 0.3 is 11.9 Å². The average Bonchev–Trinajstić information content (AvgIpc) is 3.44. The molecule has 0 amide bonds. The van der Waals surface area contributed by atoms with Crippen LogP contribution in [0.25, 0.3) is 0 Å². The van der Waals surface area contributed by atoms with Crippen LogP contribution in [0.15, 0.2) is 23.3 Å². The van der Waals surface area contributed by atoms with E-state index in [-0.39, 0.29) is 37.5 Å². The Hall–Kier alpha value is -1.70. The molecule has 0 aromatic rings. The SMILES string of the molecule is CC(=O)O[C@@H]1C[C@H]2O[C@@H]3C=C(C)CC[C@]3(COC(=O)/C=C(\C)CCO)[C@]1(C)[C@]21CO1. The van der Waals surface area contributed by atoms with Crippen molar-refractivity contribution in [2.45, 2.75) is 77.3 Å². The second kappa shape index (κ2) is 7.46. The van der Waals surface area contributed by atoms with Crippen LogP contribution in [0.2, 0.25) is 0 Å². The van der Waals surface area contributed by atoms with E-state index in [1.807, 2.05) is 0 Å². The second-order valence-corrected chi connectivity index (χ2v) is 9.50. The maximum absolute atomic E-state index is 12.5. The molecule has 7 heteroatoms. The van der Waals surface area contributed by atoms with Crippen LogP contribution in [-0.2, 0) is 28.5 Å². The van der Waals surface area contributed by atoms with Gasteiger partial charge in [0, 0.05) is 31.4 Å². The standard InChI is InChI=1S/C23H32O7/c1-14-5-7-22(12-27-20(26)10-15(2)6-8-24)18(9-14)30-19-11-17(29-16(3)25)21(22,4)23(19)13-28-23/h9-10,17-19,24H,5-8,11-13H2,1-4H3/b15-10+/t17-,18-,19-,21-,22-,23+/m1/s1. The first-order valence-electron chi connectivity index (χ1n) is 10.8. The second-order valence-electron chi connectivity index (χ2n) is 9.50. The lowest BCUT2D eigenvalue weighted by atomic mass is 9.51. The van der Waals surface area contributed by atoms with Crippen LogP contribution in [0.3, 0.4) is 0 Å². The third-order valence-electron chi connectivity index (χ3n) is 7.87. The number of hydrogen-bond donors (Lipinski definition) is 1. The van der Waals surface area contributed by atoms with Crippen LogP contribution >= 0.6 is 0 Å². The predicted molar refractivity (Wildman–Crippen MR) is 107 cm³/mol. The molecule has 3 fully saturated rings. The van der Waals surface area contributed by atoms with Crippen LogP contribution in [-0.4, -0.2) is 60.8 Å². The van der Waals surface area contributed by atoms with Crippen LogP contribution in [0, 0.1) is 10.8 Å². The number of ether oxygens (including phenoxy) is 4. The molecule has 2 saturated heterocycles. The summed E-state index contributed by atoms with van der Waals surface area (Å²) in [4.78, 5) is 24.4. The van der Waals surface area contributed by atoms with Crippen LogP contribution in [0.1, 0.15) is 53.4 Å². The Morgan fingerprint density at radius 3 is 2.73 bits per heavy atom. The Bertz CT molecular complexity index is 795. The molecular formula is C23H32O7. The van der Waals surface area contributed by atoms with Gasteiger partial charge in [-0.1, -0.05) is 24.1 Å². The van der Waals surface area contributed by atoms with E-state index < -0.39 is 22.4 Å². The molecule has 2 aliphatic heterocycles. The normalized spacial score (nSPS) is 41.8. The number of aliphatic hydroxyl groups is 1. The van der Waals surface area contributed by atoms with Crippen LogP contribution < -0.4 is 0 Å². The molecule has 166 valence electrons. The zero-order chi connectivity index (χ0) is 21.7. The number of carbonyl (C=O) groups excluding carboxylic acids is 2. The zero-order valence-electron chi connectivity index (χ0n) is 18.2. The number of esters is 2. The molecule has 1 saturated carbocycles. The number of allylic oxidation sites excluding steroid dienone is 1. The summed E-state index contributed by atoms with van der Waals surface area (Å²) in [5.74, 6) is -0.753. The lowest BCUT2D eigenvalue weighted by Crippen LogP contribution is -2.66. The van der Waals surface area contributed by atoms with Gasteiger partial charge in [0.1, 0.15) is 18.3 Å². The highest BCUT2D eigenvalue weighted by Gasteiger charge is 2.83. The fraction of sp³-hybridized carbons (Fsp3) is 0.739. The molecule has 0 aromatic carbocycles. The Kier molecular flexibility index (Phi) is 5.36. The molecule has 1 N–H and O–H groups in total. The zero-order valence-corrected chi connectivity index (χ0v) is 18.2. The maximum Gasteiger partial charge on any atom is 0.330 e. The topological polar surface area (TPSA) is 94.6 Å². The Labute approximate surface area is 177 Å². The number of hydrogen-bond acceptors (Lipinski definition) is 7. The van der Waals surface area contributed by atoms with E-state index in [2.05, 4.69) is 19.9 Å². The molecule has 6 atom stereocenters. The molecule has 0 aromatic heterocycles. The van der Waals surface area contributed by atoms with Crippen LogP contribution in [0.4, 0.5) is 0 Å². The number of rotatable bonds is 6. The van der Waals surface area contributed by atoms with Gasteiger partial charge in [-0.3, -0.25) is 4.79 Å². The largest absolute Gasteiger partial charge is 0.462 e. The summed E-state index contributed by atoms with van der Waals surface area (Å²) in [6.07, 6.45) is 5.48. The minimum Gasteiger partial charge on any atom is -0.462 e. The average molecular weight is 421 g/mol. The lowest BCUT2D eigenvalue weighted by Gasteiger charge is -2.58. The van der Waals surface area contributed by atoms with Crippen molar-refractivity contribution >= 4 is 11.9 Å². The molecular weight excluding hydrogens is 388 g/mol. The summed E-state index contributed by atoms with van der Waals surface area (Å²) >= 11 is 0. The summed E-state index contributed by atoms with van der Waals surface area (Å²) in [7, 11) is 0. The summed E-state index contributed by atoms with van der Waals surface area (Å²) in [6.45, 7) is 8.15. The highest BCUT2D eigenvalue weighted by Crippen LogP contribution is 2.72. The van der Waals surface area contributed by atoms with Gasteiger partial charge in [0.25, 0.3) is 0 Å². The van der Waals surface area contributed by atoms with Gasteiger partial charge in [-0.15, -0.1) is 0 Å². The third kappa shape index (κ3) is 3.05. The fourth-order valence-electron chi connectivity index (χ4n) is 6.03. The van der Waals surface area contributed by atoms with Crippen molar-refractivity contribution in [1.29, 1.82) is 0 Å². The van der Waals surface area contributed by atoms with Gasteiger partial charge in [-0.05, 0) is 33.1 Å². The van der Waals surface area contributed by atoms with Crippen molar-refractivity contribution in [3.63, 3.8) is 0 Å². The highest BCUT2D eigenvalue weighted by atomic mass is 16.6.